The van der Waals surface area contributed by atoms with Crippen LogP contribution in [-0.2, 0) is 4.74 Å². The quantitative estimate of drug-likeness (QED) is 0.208. The molecule has 8 heteroatoms. The van der Waals surface area contributed by atoms with E-state index in [9.17, 15) is 4.79 Å². The molecule has 1 saturated carbocycles. The van der Waals surface area contributed by atoms with Gasteiger partial charge in [0.2, 0.25) is 11.8 Å². The second-order valence-electron chi connectivity index (χ2n) is 11.0. The summed E-state index contributed by atoms with van der Waals surface area (Å²) in [6.07, 6.45) is 9.59. The van der Waals surface area contributed by atoms with Gasteiger partial charge in [0.25, 0.3) is 0 Å². The molecule has 3 aromatic carbocycles. The Kier molecular flexibility index (Phi) is 7.13. The molecule has 42 heavy (non-hydrogen) atoms. The number of benzene rings is 3. The molecule has 1 N–H and O–H groups in total. The lowest BCUT2D eigenvalue weighted by Crippen LogP contribution is -2.19. The molecule has 212 valence electrons. The molecule has 1 aliphatic carbocycles. The highest BCUT2D eigenvalue weighted by atomic mass is 19.1. The highest BCUT2D eigenvalue weighted by Crippen LogP contribution is 2.45. The van der Waals surface area contributed by atoms with E-state index in [1.165, 1.54) is 17.6 Å². The minimum absolute atomic E-state index is 0.218. The predicted molar refractivity (Wildman–Crippen MR) is 161 cm³/mol. The van der Waals surface area contributed by atoms with Gasteiger partial charge in [-0.2, -0.15) is 4.39 Å². The van der Waals surface area contributed by atoms with Crippen LogP contribution in [0.1, 0.15) is 72.9 Å². The Labute approximate surface area is 242 Å². The normalized spacial score (nSPS) is 18.4. The molecule has 3 heterocycles. The zero-order chi connectivity index (χ0) is 28.5. The van der Waals surface area contributed by atoms with E-state index in [1.54, 1.807) is 10.8 Å². The van der Waals surface area contributed by atoms with Crippen LogP contribution in [0.4, 0.5) is 4.39 Å². The lowest BCUT2D eigenvalue weighted by atomic mass is 9.73. The fourth-order valence-electron chi connectivity index (χ4n) is 6.01. The summed E-state index contributed by atoms with van der Waals surface area (Å²) in [5.41, 5.74) is 7.25. The molecule has 1 atom stereocenters. The van der Waals surface area contributed by atoms with Crippen molar-refractivity contribution < 1.29 is 13.5 Å². The van der Waals surface area contributed by atoms with Gasteiger partial charge >= 0.3 is 5.76 Å². The lowest BCUT2D eigenvalue weighted by Gasteiger charge is -2.31. The van der Waals surface area contributed by atoms with Gasteiger partial charge in [0.05, 0.1) is 10.9 Å². The third kappa shape index (κ3) is 5.14. The average molecular weight is 563 g/mol. The van der Waals surface area contributed by atoms with E-state index in [0.29, 0.717) is 17.9 Å². The van der Waals surface area contributed by atoms with Crippen LogP contribution in [0, 0.1) is 11.9 Å². The highest BCUT2D eigenvalue weighted by Gasteiger charge is 2.28. The minimum atomic E-state index is -0.588. The standard InChI is InChI=1S/C34H31FN4O3/c35-33-27-21-26(17-18-28(27)39(38-33)30-11-4-5-20-41-30)32(31(24-9-6-10-24)23-7-2-1-3-8-23)25-15-12-22(13-16-25)14-19-29-36-37-34(40)42-29/h1-3,7-8,12-19,21,24,30H,4-6,9-11,20H2,(H,37,40)/b19-14+,32-31-. The molecule has 0 bridgehead atoms. The van der Waals surface area contributed by atoms with Crippen molar-refractivity contribution in [3.8, 4) is 0 Å². The number of nitrogens with one attached hydrogen (secondary N) is 1. The molecule has 0 spiro atoms. The van der Waals surface area contributed by atoms with Crippen LogP contribution in [0.3, 0.4) is 0 Å². The third-order valence-electron chi connectivity index (χ3n) is 8.32. The van der Waals surface area contributed by atoms with E-state index in [1.807, 2.05) is 36.4 Å². The Bertz CT molecular complexity index is 1820. The van der Waals surface area contributed by atoms with Gasteiger partial charge in [-0.05, 0) is 89.6 Å². The Balaban J connectivity index is 1.35. The van der Waals surface area contributed by atoms with Crippen molar-refractivity contribution in [2.75, 3.05) is 6.61 Å². The van der Waals surface area contributed by atoms with Crippen LogP contribution in [0.15, 0.2) is 82.0 Å². The van der Waals surface area contributed by atoms with Gasteiger partial charge in [0.15, 0.2) is 6.23 Å². The molecule has 7 nitrogen and oxygen atoms in total. The largest absolute Gasteiger partial charge is 0.434 e. The maximum atomic E-state index is 15.4. The maximum absolute atomic E-state index is 15.4. The maximum Gasteiger partial charge on any atom is 0.434 e. The van der Waals surface area contributed by atoms with E-state index in [-0.39, 0.29) is 12.1 Å². The Hall–Kier alpha value is -4.56. The molecule has 1 unspecified atom stereocenters. The molecule has 1 aliphatic heterocycles. The van der Waals surface area contributed by atoms with E-state index in [0.717, 1.165) is 59.9 Å². The van der Waals surface area contributed by atoms with Crippen LogP contribution in [0.2, 0.25) is 0 Å². The summed E-state index contributed by atoms with van der Waals surface area (Å²) in [7, 11) is 0. The number of allylic oxidation sites excluding steroid dienone is 1. The van der Waals surface area contributed by atoms with Crippen molar-refractivity contribution in [1.29, 1.82) is 0 Å². The van der Waals surface area contributed by atoms with Crippen molar-refractivity contribution in [2.24, 2.45) is 5.92 Å². The van der Waals surface area contributed by atoms with Crippen molar-refractivity contribution in [3.05, 3.63) is 117 Å². The summed E-state index contributed by atoms with van der Waals surface area (Å²) in [6, 6.07) is 24.8. The van der Waals surface area contributed by atoms with Gasteiger partial charge in [0, 0.05) is 12.7 Å². The fraction of sp³-hybridized carbons (Fsp3) is 0.265. The summed E-state index contributed by atoms with van der Waals surface area (Å²) in [5, 5.41) is 10.9. The molecule has 1 saturated heterocycles. The van der Waals surface area contributed by atoms with Gasteiger partial charge < -0.3 is 9.15 Å². The number of H-pyrrole nitrogens is 1. The molecule has 0 amide bonds. The molecule has 2 fully saturated rings. The van der Waals surface area contributed by atoms with Crippen molar-refractivity contribution >= 4 is 34.2 Å². The topological polar surface area (TPSA) is 85.9 Å². The van der Waals surface area contributed by atoms with Crippen LogP contribution >= 0.6 is 0 Å². The van der Waals surface area contributed by atoms with Crippen LogP contribution < -0.4 is 5.76 Å². The molecule has 2 aromatic heterocycles. The summed E-state index contributed by atoms with van der Waals surface area (Å²) in [4.78, 5) is 11.2. The fourth-order valence-corrected chi connectivity index (χ4v) is 6.01. The first-order valence-electron chi connectivity index (χ1n) is 14.6. The van der Waals surface area contributed by atoms with Crippen molar-refractivity contribution in [1.82, 2.24) is 20.0 Å². The molecule has 5 aromatic rings. The number of aromatic amines is 1. The van der Waals surface area contributed by atoms with Gasteiger partial charge in [0.1, 0.15) is 0 Å². The van der Waals surface area contributed by atoms with Gasteiger partial charge in [-0.15, -0.1) is 10.2 Å². The number of rotatable bonds is 7. The Morgan fingerprint density at radius 3 is 2.40 bits per heavy atom. The number of hydrogen-bond acceptors (Lipinski definition) is 5. The van der Waals surface area contributed by atoms with Crippen LogP contribution in [-0.4, -0.2) is 26.6 Å². The molecule has 7 rings (SSSR count). The SMILES string of the molecule is O=c1[nH]nc(/C=C/c2ccc(/C(=C(\c3ccccc3)C3CCC3)c3ccc4c(c3)c(F)nn4C3CCCCO3)cc2)o1. The number of ether oxygens (including phenoxy) is 1. The zero-order valence-electron chi connectivity index (χ0n) is 23.1. The zero-order valence-corrected chi connectivity index (χ0v) is 23.1. The lowest BCUT2D eigenvalue weighted by molar-refractivity contribution is -0.0375. The average Bonchev–Trinajstić information content (AvgIpc) is 3.58. The van der Waals surface area contributed by atoms with Crippen LogP contribution in [0.25, 0.3) is 34.2 Å². The summed E-state index contributed by atoms with van der Waals surface area (Å²) < 4.78 is 28.0. The number of hydrogen-bond donors (Lipinski definition) is 1. The Morgan fingerprint density at radius 2 is 1.71 bits per heavy atom. The predicted octanol–water partition coefficient (Wildman–Crippen LogP) is 7.48. The van der Waals surface area contributed by atoms with E-state index >= 15 is 4.39 Å². The summed E-state index contributed by atoms with van der Waals surface area (Å²) in [6.45, 7) is 0.668. The number of fused-ring (bicyclic) bond motifs is 1. The second-order valence-corrected chi connectivity index (χ2v) is 11.0. The molecular weight excluding hydrogens is 531 g/mol. The summed E-state index contributed by atoms with van der Waals surface area (Å²) in [5.74, 6) is -0.427. The molecule has 0 radical (unpaired) electrons. The number of nitrogens with zero attached hydrogens (tertiary/aromatic N) is 3. The molecule has 2 aliphatic rings. The second kappa shape index (κ2) is 11.4. The smallest absolute Gasteiger partial charge is 0.388 e. The first-order valence-corrected chi connectivity index (χ1v) is 14.6. The van der Waals surface area contributed by atoms with E-state index in [2.05, 4.69) is 57.8 Å². The monoisotopic (exact) mass is 562 g/mol. The molecular formula is C34H31FN4O3. The Morgan fingerprint density at radius 1 is 0.905 bits per heavy atom. The third-order valence-corrected chi connectivity index (χ3v) is 8.32. The minimum Gasteiger partial charge on any atom is -0.388 e. The summed E-state index contributed by atoms with van der Waals surface area (Å²) >= 11 is 0. The van der Waals surface area contributed by atoms with Gasteiger partial charge in [-0.1, -0.05) is 67.1 Å². The number of halogens is 1. The van der Waals surface area contributed by atoms with Crippen LogP contribution in [0.5, 0.6) is 0 Å². The first-order chi connectivity index (χ1) is 20.6. The van der Waals surface area contributed by atoms with Gasteiger partial charge in [-0.25, -0.2) is 14.6 Å². The van der Waals surface area contributed by atoms with E-state index < -0.39 is 11.7 Å². The highest BCUT2D eigenvalue weighted by molar-refractivity contribution is 6.01. The van der Waals surface area contributed by atoms with Crippen molar-refractivity contribution in [3.63, 3.8) is 0 Å². The van der Waals surface area contributed by atoms with Crippen molar-refractivity contribution in [2.45, 2.75) is 44.8 Å². The van der Waals surface area contributed by atoms with Gasteiger partial charge in [-0.3, -0.25) is 0 Å². The van der Waals surface area contributed by atoms with E-state index in [4.69, 9.17) is 9.15 Å². The number of aromatic nitrogens is 4. The first kappa shape index (κ1) is 26.3.